The minimum Gasteiger partial charge on any atom is -0.299 e. The Morgan fingerprint density at radius 3 is 2.76 bits per heavy atom. The lowest BCUT2D eigenvalue weighted by atomic mass is 9.48. The van der Waals surface area contributed by atoms with Gasteiger partial charge < -0.3 is 0 Å². The standard InChI is InChI=1S/C20H26O/c1-13-8-10-19(2)14(12-13)4-5-15-16-6-7-18(21)20(16,3)11-9-17(15)19/h8,10,12,15-17H,1,4-7,9,11H2,2-3H3/t15-,16+,17+,19+,20+/m1/s1. The van der Waals surface area contributed by atoms with Gasteiger partial charge in [0.1, 0.15) is 5.78 Å². The summed E-state index contributed by atoms with van der Waals surface area (Å²) in [5, 5.41) is 0. The molecule has 0 unspecified atom stereocenters. The molecule has 0 radical (unpaired) electrons. The lowest BCUT2D eigenvalue weighted by molar-refractivity contribution is -0.131. The molecular weight excluding hydrogens is 256 g/mol. The Morgan fingerprint density at radius 2 is 1.95 bits per heavy atom. The van der Waals surface area contributed by atoms with Gasteiger partial charge in [-0.1, -0.05) is 44.2 Å². The van der Waals surface area contributed by atoms with Crippen molar-refractivity contribution in [3.8, 4) is 0 Å². The fourth-order valence-corrected chi connectivity index (χ4v) is 6.05. The molecule has 4 aliphatic rings. The Kier molecular flexibility index (Phi) is 2.72. The average Bonchev–Trinajstić information content (AvgIpc) is 2.76. The number of fused-ring (bicyclic) bond motifs is 5. The minimum atomic E-state index is 0.000717. The smallest absolute Gasteiger partial charge is 0.139 e. The van der Waals surface area contributed by atoms with E-state index in [1.807, 2.05) is 0 Å². The summed E-state index contributed by atoms with van der Waals surface area (Å²) in [4.78, 5) is 12.4. The molecule has 0 amide bonds. The van der Waals surface area contributed by atoms with Crippen molar-refractivity contribution in [2.45, 2.75) is 52.4 Å². The largest absolute Gasteiger partial charge is 0.299 e. The predicted molar refractivity (Wildman–Crippen MR) is 85.8 cm³/mol. The molecule has 3 fully saturated rings. The SMILES string of the molecule is C=C1C=C[C@@]2(C)C(=C1)CC[C@H]1[C@@H]2CC[C@]2(C)C(=O)CC[C@@H]12. The van der Waals surface area contributed by atoms with Crippen LogP contribution in [-0.4, -0.2) is 5.78 Å². The summed E-state index contributed by atoms with van der Waals surface area (Å²) in [6.45, 7) is 8.79. The molecule has 0 aromatic heterocycles. The summed E-state index contributed by atoms with van der Waals surface area (Å²) in [5.74, 6) is 2.66. The number of carbonyl (C=O) groups excluding carboxylic acids is 1. The summed E-state index contributed by atoms with van der Waals surface area (Å²) in [6, 6.07) is 0. The number of rotatable bonds is 0. The zero-order chi connectivity index (χ0) is 14.8. The van der Waals surface area contributed by atoms with E-state index in [2.05, 4.69) is 38.7 Å². The Labute approximate surface area is 128 Å². The molecule has 4 rings (SSSR count). The maximum absolute atomic E-state index is 12.4. The molecule has 0 aliphatic heterocycles. The number of carbonyl (C=O) groups is 1. The van der Waals surface area contributed by atoms with E-state index in [-0.39, 0.29) is 10.8 Å². The molecule has 0 spiro atoms. The van der Waals surface area contributed by atoms with Crippen LogP contribution in [0.4, 0.5) is 0 Å². The van der Waals surface area contributed by atoms with Crippen molar-refractivity contribution >= 4 is 5.78 Å². The molecule has 21 heavy (non-hydrogen) atoms. The van der Waals surface area contributed by atoms with Crippen LogP contribution >= 0.6 is 0 Å². The first kappa shape index (κ1) is 13.5. The summed E-state index contributed by atoms with van der Waals surface area (Å²) in [6.07, 6.45) is 13.7. The Bertz CT molecular complexity index is 581. The van der Waals surface area contributed by atoms with Crippen LogP contribution in [0.3, 0.4) is 0 Å². The molecule has 4 aliphatic carbocycles. The minimum absolute atomic E-state index is 0.000717. The van der Waals surface area contributed by atoms with Gasteiger partial charge in [0.25, 0.3) is 0 Å². The molecule has 0 aromatic carbocycles. The molecule has 0 bridgehead atoms. The van der Waals surface area contributed by atoms with Crippen molar-refractivity contribution in [2.24, 2.45) is 28.6 Å². The Balaban J connectivity index is 1.72. The number of Topliss-reactive ketones (excluding diaryl/α,β-unsaturated/α-hetero) is 1. The monoisotopic (exact) mass is 282 g/mol. The summed E-state index contributed by atoms with van der Waals surface area (Å²) >= 11 is 0. The van der Waals surface area contributed by atoms with Crippen LogP contribution in [0.15, 0.2) is 36.0 Å². The van der Waals surface area contributed by atoms with Crippen LogP contribution in [0, 0.1) is 28.6 Å². The van der Waals surface area contributed by atoms with Crippen molar-refractivity contribution in [1.82, 2.24) is 0 Å². The molecule has 0 N–H and O–H groups in total. The van der Waals surface area contributed by atoms with Crippen molar-refractivity contribution in [3.63, 3.8) is 0 Å². The fourth-order valence-electron chi connectivity index (χ4n) is 6.05. The number of hydrogen-bond acceptors (Lipinski definition) is 1. The highest BCUT2D eigenvalue weighted by Gasteiger charge is 2.58. The third kappa shape index (κ3) is 1.67. The van der Waals surface area contributed by atoms with Gasteiger partial charge in [0.2, 0.25) is 0 Å². The summed E-state index contributed by atoms with van der Waals surface area (Å²) < 4.78 is 0. The van der Waals surface area contributed by atoms with E-state index in [0.29, 0.717) is 11.7 Å². The van der Waals surface area contributed by atoms with Crippen LogP contribution < -0.4 is 0 Å². The zero-order valence-electron chi connectivity index (χ0n) is 13.3. The second kappa shape index (κ2) is 4.21. The quantitative estimate of drug-likeness (QED) is 0.620. The maximum atomic E-state index is 12.4. The number of hydrogen-bond donors (Lipinski definition) is 0. The molecule has 3 saturated carbocycles. The van der Waals surface area contributed by atoms with E-state index in [1.54, 1.807) is 5.57 Å². The maximum Gasteiger partial charge on any atom is 0.139 e. The van der Waals surface area contributed by atoms with Gasteiger partial charge in [0, 0.05) is 17.3 Å². The van der Waals surface area contributed by atoms with E-state index in [4.69, 9.17) is 0 Å². The van der Waals surface area contributed by atoms with Crippen molar-refractivity contribution in [1.29, 1.82) is 0 Å². The van der Waals surface area contributed by atoms with Gasteiger partial charge in [-0.05, 0) is 55.4 Å². The first-order valence-electron chi connectivity index (χ1n) is 8.58. The highest BCUT2D eigenvalue weighted by molar-refractivity contribution is 5.87. The second-order valence-electron chi connectivity index (χ2n) is 8.19. The molecule has 5 atom stereocenters. The number of ketones is 1. The van der Waals surface area contributed by atoms with Crippen molar-refractivity contribution < 1.29 is 4.79 Å². The highest BCUT2D eigenvalue weighted by Crippen LogP contribution is 2.63. The second-order valence-corrected chi connectivity index (χ2v) is 8.19. The van der Waals surface area contributed by atoms with E-state index >= 15 is 0 Å². The van der Waals surface area contributed by atoms with Crippen molar-refractivity contribution in [2.75, 3.05) is 0 Å². The van der Waals surface area contributed by atoms with Crippen LogP contribution in [0.1, 0.15) is 52.4 Å². The van der Waals surface area contributed by atoms with Gasteiger partial charge in [-0.25, -0.2) is 0 Å². The van der Waals surface area contributed by atoms with Crippen LogP contribution in [0.2, 0.25) is 0 Å². The molecule has 1 heteroatoms. The molecule has 112 valence electrons. The van der Waals surface area contributed by atoms with Gasteiger partial charge >= 0.3 is 0 Å². The molecule has 0 heterocycles. The molecule has 0 saturated heterocycles. The highest BCUT2D eigenvalue weighted by atomic mass is 16.1. The van der Waals surface area contributed by atoms with E-state index in [9.17, 15) is 4.79 Å². The lowest BCUT2D eigenvalue weighted by Crippen LogP contribution is -2.49. The van der Waals surface area contributed by atoms with Crippen LogP contribution in [0.5, 0.6) is 0 Å². The first-order valence-corrected chi connectivity index (χ1v) is 8.58. The zero-order valence-corrected chi connectivity index (χ0v) is 13.3. The third-order valence-electron chi connectivity index (χ3n) is 7.36. The van der Waals surface area contributed by atoms with E-state index in [0.717, 1.165) is 36.7 Å². The molecule has 0 aromatic rings. The first-order chi connectivity index (χ1) is 9.95. The lowest BCUT2D eigenvalue weighted by Gasteiger charge is -2.55. The van der Waals surface area contributed by atoms with Gasteiger partial charge in [-0.3, -0.25) is 4.79 Å². The number of allylic oxidation sites excluding steroid dienone is 5. The average molecular weight is 282 g/mol. The third-order valence-corrected chi connectivity index (χ3v) is 7.36. The van der Waals surface area contributed by atoms with Gasteiger partial charge in [-0.2, -0.15) is 0 Å². The normalized spacial score (nSPS) is 48.5. The molecular formula is C20H26O. The topological polar surface area (TPSA) is 17.1 Å². The van der Waals surface area contributed by atoms with Gasteiger partial charge in [0.15, 0.2) is 0 Å². The Morgan fingerprint density at radius 1 is 1.14 bits per heavy atom. The predicted octanol–water partition coefficient (Wildman–Crippen LogP) is 4.85. The fraction of sp³-hybridized carbons (Fsp3) is 0.650. The van der Waals surface area contributed by atoms with E-state index in [1.165, 1.54) is 19.3 Å². The van der Waals surface area contributed by atoms with E-state index < -0.39 is 0 Å². The summed E-state index contributed by atoms with van der Waals surface area (Å²) in [7, 11) is 0. The van der Waals surface area contributed by atoms with Crippen LogP contribution in [0.25, 0.3) is 0 Å². The molecule has 1 nitrogen and oxygen atoms in total. The summed E-state index contributed by atoms with van der Waals surface area (Å²) in [5.41, 5.74) is 2.96. The van der Waals surface area contributed by atoms with Crippen LogP contribution in [-0.2, 0) is 4.79 Å². The van der Waals surface area contributed by atoms with Gasteiger partial charge in [0.05, 0.1) is 0 Å². The van der Waals surface area contributed by atoms with Gasteiger partial charge in [-0.15, -0.1) is 0 Å². The van der Waals surface area contributed by atoms with Crippen molar-refractivity contribution in [3.05, 3.63) is 36.0 Å². The Hall–Kier alpha value is -1.11.